The van der Waals surface area contributed by atoms with E-state index in [4.69, 9.17) is 5.11 Å². The lowest BCUT2D eigenvalue weighted by atomic mass is 10.1. The van der Waals surface area contributed by atoms with Crippen molar-refractivity contribution < 1.29 is 18.5 Å². The molecule has 0 amide bonds. The Morgan fingerprint density at radius 3 is 2.12 bits per heavy atom. The highest BCUT2D eigenvalue weighted by Crippen LogP contribution is 2.26. The van der Waals surface area contributed by atoms with Crippen LogP contribution >= 0.6 is 0 Å². The Morgan fingerprint density at radius 2 is 1.64 bits per heavy atom. The lowest BCUT2D eigenvalue weighted by Crippen LogP contribution is -2.04. The van der Waals surface area contributed by atoms with E-state index in [1.807, 2.05) is 27.7 Å². The Kier molecular flexibility index (Phi) is 10.4. The Bertz CT molecular complexity index is 733. The molecule has 0 aliphatic rings. The number of hydrogen-bond acceptors (Lipinski definition) is 3. The van der Waals surface area contributed by atoms with Gasteiger partial charge in [-0.3, -0.25) is 4.21 Å². The van der Waals surface area contributed by atoms with E-state index in [0.29, 0.717) is 10.6 Å². The van der Waals surface area contributed by atoms with Crippen LogP contribution in [0.4, 0.5) is 15.8 Å². The zero-order valence-corrected chi connectivity index (χ0v) is 16.3. The molecule has 0 radical (unpaired) electrons. The molecule has 0 aliphatic carbocycles. The average molecular weight is 367 g/mol. The molecule has 0 saturated carbocycles. The highest BCUT2D eigenvalue weighted by atomic mass is 32.2. The van der Waals surface area contributed by atoms with Gasteiger partial charge in [-0.15, -0.1) is 0 Å². The summed E-state index contributed by atoms with van der Waals surface area (Å²) in [5.74, 6) is -1.66. The molecule has 2 aromatic rings. The van der Waals surface area contributed by atoms with E-state index in [2.05, 4.69) is 5.32 Å². The number of aromatic carboxylic acids is 1. The third-order valence-corrected chi connectivity index (χ3v) is 3.93. The van der Waals surface area contributed by atoms with Crippen LogP contribution in [-0.4, -0.2) is 21.5 Å². The number of hydrogen-bond donors (Lipinski definition) is 2. The molecule has 0 fully saturated rings. The summed E-state index contributed by atoms with van der Waals surface area (Å²) in [5, 5.41) is 12.0. The van der Waals surface area contributed by atoms with Crippen LogP contribution in [0.15, 0.2) is 41.3 Å². The summed E-state index contributed by atoms with van der Waals surface area (Å²) >= 11 is 0. The van der Waals surface area contributed by atoms with E-state index in [1.165, 1.54) is 6.07 Å². The van der Waals surface area contributed by atoms with Gasteiger partial charge in [-0.2, -0.15) is 0 Å². The molecule has 0 bridgehead atoms. The van der Waals surface area contributed by atoms with Crippen molar-refractivity contribution in [1.29, 1.82) is 0 Å². The molecule has 2 aromatic carbocycles. The molecule has 0 heterocycles. The fourth-order valence-corrected chi connectivity index (χ4v) is 2.51. The van der Waals surface area contributed by atoms with Gasteiger partial charge in [-0.1, -0.05) is 27.7 Å². The van der Waals surface area contributed by atoms with Crippen LogP contribution in [-0.2, 0) is 10.8 Å². The highest BCUT2D eigenvalue weighted by Gasteiger charge is 2.12. The van der Waals surface area contributed by atoms with Crippen molar-refractivity contribution in [3.05, 3.63) is 53.3 Å². The molecular formula is C19H26FNO3S. The van der Waals surface area contributed by atoms with Crippen LogP contribution in [0.1, 0.15) is 43.6 Å². The molecule has 1 atom stereocenters. The lowest BCUT2D eigenvalue weighted by Gasteiger charge is -2.13. The topological polar surface area (TPSA) is 66.4 Å². The second kappa shape index (κ2) is 11.4. The Morgan fingerprint density at radius 1 is 1.04 bits per heavy atom. The number of carboxylic acid groups (broad SMARTS) is 1. The van der Waals surface area contributed by atoms with Gasteiger partial charge in [0.1, 0.15) is 5.82 Å². The Labute approximate surface area is 151 Å². The highest BCUT2D eigenvalue weighted by molar-refractivity contribution is 7.84. The van der Waals surface area contributed by atoms with Gasteiger partial charge < -0.3 is 10.4 Å². The quantitative estimate of drug-likeness (QED) is 0.763. The summed E-state index contributed by atoms with van der Waals surface area (Å²) in [4.78, 5) is 11.8. The second-order valence-corrected chi connectivity index (χ2v) is 5.93. The number of carboxylic acids is 1. The van der Waals surface area contributed by atoms with E-state index in [1.54, 1.807) is 31.4 Å². The van der Waals surface area contributed by atoms with Crippen molar-refractivity contribution in [1.82, 2.24) is 0 Å². The average Bonchev–Trinajstić information content (AvgIpc) is 2.60. The molecule has 0 spiro atoms. The van der Waals surface area contributed by atoms with Crippen molar-refractivity contribution in [3.63, 3.8) is 0 Å². The molecule has 6 heteroatoms. The summed E-state index contributed by atoms with van der Waals surface area (Å²) in [6.45, 7) is 9.80. The fraction of sp³-hybridized carbons (Fsp3) is 0.316. The van der Waals surface area contributed by atoms with E-state index < -0.39 is 22.6 Å². The molecule has 2 N–H and O–H groups in total. The van der Waals surface area contributed by atoms with Crippen molar-refractivity contribution in [2.24, 2.45) is 0 Å². The Balaban J connectivity index is 0.00000134. The largest absolute Gasteiger partial charge is 0.478 e. The van der Waals surface area contributed by atoms with Crippen LogP contribution in [0.3, 0.4) is 0 Å². The molecular weight excluding hydrogens is 341 g/mol. The monoisotopic (exact) mass is 367 g/mol. The lowest BCUT2D eigenvalue weighted by molar-refractivity contribution is 0.0698. The number of halogens is 1. The third kappa shape index (κ3) is 6.66. The summed E-state index contributed by atoms with van der Waals surface area (Å²) in [6.07, 6.45) is 1.58. The van der Waals surface area contributed by atoms with Gasteiger partial charge in [0.15, 0.2) is 0 Å². The van der Waals surface area contributed by atoms with Crippen molar-refractivity contribution >= 4 is 28.1 Å². The second-order valence-electron chi connectivity index (χ2n) is 4.55. The number of aryl methyl sites for hydroxylation is 1. The molecule has 0 aliphatic heterocycles. The van der Waals surface area contributed by atoms with E-state index >= 15 is 0 Å². The van der Waals surface area contributed by atoms with Gasteiger partial charge in [0.05, 0.1) is 11.3 Å². The number of carbonyl (C=O) groups is 1. The zero-order chi connectivity index (χ0) is 19.6. The molecule has 25 heavy (non-hydrogen) atoms. The molecule has 0 saturated heterocycles. The maximum atomic E-state index is 13.3. The smallest absolute Gasteiger partial charge is 0.337 e. The van der Waals surface area contributed by atoms with Crippen LogP contribution in [0.25, 0.3) is 0 Å². The SMILES string of the molecule is CC.CC.Cc1cc(S(C)=O)ccc1Nc1cc(F)ccc1C(=O)O. The minimum absolute atomic E-state index is 0.0149. The van der Waals surface area contributed by atoms with E-state index in [0.717, 1.165) is 17.7 Å². The summed E-state index contributed by atoms with van der Waals surface area (Å²) < 4.78 is 24.7. The number of rotatable bonds is 4. The third-order valence-electron chi connectivity index (χ3n) is 3.01. The Hall–Kier alpha value is -2.21. The van der Waals surface area contributed by atoms with E-state index in [-0.39, 0.29) is 11.3 Å². The zero-order valence-electron chi connectivity index (χ0n) is 15.5. The first-order valence-electron chi connectivity index (χ1n) is 8.12. The first-order valence-corrected chi connectivity index (χ1v) is 9.68. The predicted molar refractivity (Wildman–Crippen MR) is 103 cm³/mol. The molecule has 138 valence electrons. The van der Waals surface area contributed by atoms with Crippen LogP contribution < -0.4 is 5.32 Å². The normalized spacial score (nSPS) is 10.5. The first-order chi connectivity index (χ1) is 11.9. The van der Waals surface area contributed by atoms with E-state index in [9.17, 15) is 13.4 Å². The minimum atomic E-state index is -1.14. The van der Waals surface area contributed by atoms with Gasteiger partial charge >= 0.3 is 5.97 Å². The van der Waals surface area contributed by atoms with Gasteiger partial charge in [0.2, 0.25) is 0 Å². The summed E-state index contributed by atoms with van der Waals surface area (Å²) in [7, 11) is -1.09. The predicted octanol–water partition coefficient (Wildman–Crippen LogP) is 5.37. The minimum Gasteiger partial charge on any atom is -0.478 e. The number of nitrogens with one attached hydrogen (secondary N) is 1. The number of benzene rings is 2. The van der Waals surface area contributed by atoms with Gasteiger partial charge in [-0.25, -0.2) is 9.18 Å². The molecule has 0 aromatic heterocycles. The fourth-order valence-electron chi connectivity index (χ4n) is 1.91. The van der Waals surface area contributed by atoms with Crippen molar-refractivity contribution in [3.8, 4) is 0 Å². The van der Waals surface area contributed by atoms with Gasteiger partial charge in [-0.05, 0) is 48.9 Å². The van der Waals surface area contributed by atoms with Crippen LogP contribution in [0, 0.1) is 12.7 Å². The standard InChI is InChI=1S/C15H14FNO3S.2C2H6/c1-9-7-11(21(2)20)4-6-13(9)17-14-8-10(16)3-5-12(14)15(18)19;2*1-2/h3-8,17H,1-2H3,(H,18,19);2*1-2H3. The first kappa shape index (κ1) is 22.8. The number of anilines is 2. The molecule has 4 nitrogen and oxygen atoms in total. The molecule has 2 rings (SSSR count). The van der Waals surface area contributed by atoms with Gasteiger partial charge in [0.25, 0.3) is 0 Å². The molecule has 1 unspecified atom stereocenters. The van der Waals surface area contributed by atoms with Crippen molar-refractivity contribution in [2.45, 2.75) is 39.5 Å². The van der Waals surface area contributed by atoms with Crippen LogP contribution in [0.5, 0.6) is 0 Å². The summed E-state index contributed by atoms with van der Waals surface area (Å²) in [5.41, 5.74) is 1.59. The summed E-state index contributed by atoms with van der Waals surface area (Å²) in [6, 6.07) is 8.58. The maximum absolute atomic E-state index is 13.3. The van der Waals surface area contributed by atoms with Gasteiger partial charge in [0, 0.05) is 27.6 Å². The van der Waals surface area contributed by atoms with Crippen LogP contribution in [0.2, 0.25) is 0 Å². The maximum Gasteiger partial charge on any atom is 0.337 e. The van der Waals surface area contributed by atoms with Crippen molar-refractivity contribution in [2.75, 3.05) is 11.6 Å².